The van der Waals surface area contributed by atoms with Gasteiger partial charge in [-0.1, -0.05) is 20.8 Å². The predicted molar refractivity (Wildman–Crippen MR) is 84.5 cm³/mol. The van der Waals surface area contributed by atoms with Gasteiger partial charge in [0.1, 0.15) is 0 Å². The molecule has 0 aromatic carbocycles. The maximum atomic E-state index is 12.3. The fourth-order valence-corrected chi connectivity index (χ4v) is 4.95. The summed E-state index contributed by atoms with van der Waals surface area (Å²) in [5, 5.41) is 1.40. The molecule has 0 aromatic heterocycles. The van der Waals surface area contributed by atoms with Crippen LogP contribution in [0.15, 0.2) is 0 Å². The monoisotopic (exact) mass is 357 g/mol. The molecule has 1 aliphatic heterocycles. The lowest BCUT2D eigenvalue weighted by Crippen LogP contribution is -2.58. The van der Waals surface area contributed by atoms with E-state index in [0.29, 0.717) is 19.4 Å². The largest absolute Gasteiger partial charge is 0.296 e. The van der Waals surface area contributed by atoms with Crippen molar-refractivity contribution in [3.63, 3.8) is 0 Å². The third-order valence-electron chi connectivity index (χ3n) is 3.14. The molecule has 0 aliphatic carbocycles. The molecule has 1 rings (SSSR count). The Kier molecular flexibility index (Phi) is 7.69. The second-order valence-electron chi connectivity index (χ2n) is 5.27. The fourth-order valence-electron chi connectivity index (χ4n) is 2.09. The van der Waals surface area contributed by atoms with Crippen molar-refractivity contribution >= 4 is 20.0 Å². The summed E-state index contributed by atoms with van der Waals surface area (Å²) in [6.45, 7) is 5.87. The van der Waals surface area contributed by atoms with Crippen molar-refractivity contribution in [2.45, 2.75) is 40.0 Å². The van der Waals surface area contributed by atoms with Crippen molar-refractivity contribution in [2.24, 2.45) is 0 Å². The van der Waals surface area contributed by atoms with Crippen LogP contribution in [0, 0.1) is 0 Å². The van der Waals surface area contributed by atoms with Crippen LogP contribution >= 0.6 is 0 Å². The van der Waals surface area contributed by atoms with Gasteiger partial charge in [0, 0.05) is 0 Å². The first-order chi connectivity index (χ1) is 10.3. The minimum Gasteiger partial charge on any atom is -0.296 e. The highest BCUT2D eigenvalue weighted by atomic mass is 32.2. The van der Waals surface area contributed by atoms with Crippen molar-refractivity contribution in [3.05, 3.63) is 0 Å². The molecule has 1 heterocycles. The lowest BCUT2D eigenvalue weighted by Gasteiger charge is -2.39. The minimum absolute atomic E-state index is 0.00369. The second kappa shape index (κ2) is 8.55. The van der Waals surface area contributed by atoms with Crippen LogP contribution in [0.3, 0.4) is 0 Å². The van der Waals surface area contributed by atoms with E-state index in [1.54, 1.807) is 13.8 Å². The topological polar surface area (TPSA) is 87.2 Å². The van der Waals surface area contributed by atoms with Gasteiger partial charge in [0.2, 0.25) is 20.0 Å². The van der Waals surface area contributed by atoms with Crippen LogP contribution in [0.1, 0.15) is 40.0 Å². The van der Waals surface area contributed by atoms with Crippen LogP contribution in [0.4, 0.5) is 0 Å². The van der Waals surface area contributed by atoms with E-state index < -0.39 is 20.0 Å². The van der Waals surface area contributed by atoms with E-state index in [9.17, 15) is 16.8 Å². The van der Waals surface area contributed by atoms with Crippen molar-refractivity contribution in [1.29, 1.82) is 0 Å². The molecule has 8 nitrogen and oxygen atoms in total. The van der Waals surface area contributed by atoms with Gasteiger partial charge in [-0.2, -0.15) is 13.7 Å². The van der Waals surface area contributed by atoms with Gasteiger partial charge in [0.15, 0.2) is 0 Å². The molecule has 22 heavy (non-hydrogen) atoms. The Bertz CT molecular complexity index is 491. The van der Waals surface area contributed by atoms with E-state index >= 15 is 0 Å². The van der Waals surface area contributed by atoms with Crippen LogP contribution in [-0.2, 0) is 24.9 Å². The quantitative estimate of drug-likeness (QED) is 0.600. The molecule has 0 spiro atoms. The molecule has 0 aromatic rings. The van der Waals surface area contributed by atoms with E-state index in [-0.39, 0.29) is 31.5 Å². The van der Waals surface area contributed by atoms with E-state index in [1.165, 1.54) is 13.7 Å². The number of sulfonamides is 2. The van der Waals surface area contributed by atoms with Crippen LogP contribution in [0.25, 0.3) is 0 Å². The fraction of sp³-hybridized carbons (Fsp3) is 1.00. The summed E-state index contributed by atoms with van der Waals surface area (Å²) in [6.07, 6.45) is 1.73. The normalized spacial score (nSPS) is 19.6. The summed E-state index contributed by atoms with van der Waals surface area (Å²) in [7, 11) is -6.99. The van der Waals surface area contributed by atoms with Crippen LogP contribution < -0.4 is 0 Å². The van der Waals surface area contributed by atoms with Gasteiger partial charge < -0.3 is 0 Å². The van der Waals surface area contributed by atoms with Crippen molar-refractivity contribution in [2.75, 3.05) is 38.1 Å². The third-order valence-corrected chi connectivity index (χ3v) is 7.02. The Morgan fingerprint density at radius 3 is 1.59 bits per heavy atom. The summed E-state index contributed by atoms with van der Waals surface area (Å²) < 4.78 is 51.4. The molecule has 0 amide bonds. The first kappa shape index (κ1) is 19.8. The zero-order valence-corrected chi connectivity index (χ0v) is 15.2. The summed E-state index contributed by atoms with van der Waals surface area (Å²) >= 11 is 0. The summed E-state index contributed by atoms with van der Waals surface area (Å²) in [5.74, 6) is -0.00737. The molecule has 1 saturated heterocycles. The number of rotatable bonds is 9. The Labute approximate surface area is 134 Å². The number of hydrogen-bond donors (Lipinski definition) is 0. The lowest BCUT2D eigenvalue weighted by atomic mass is 10.5. The molecule has 0 radical (unpaired) electrons. The molecule has 0 atom stereocenters. The van der Waals surface area contributed by atoms with Crippen molar-refractivity contribution in [3.8, 4) is 0 Å². The number of hydroxylamine groups is 2. The van der Waals surface area contributed by atoms with Gasteiger partial charge >= 0.3 is 0 Å². The summed E-state index contributed by atoms with van der Waals surface area (Å²) in [4.78, 5) is 5.46. The number of nitrogens with zero attached hydrogens (tertiary/aromatic N) is 3. The Balaban J connectivity index is 2.95. The summed E-state index contributed by atoms with van der Waals surface area (Å²) in [6, 6.07) is 0. The first-order valence-electron chi connectivity index (χ1n) is 7.60. The molecular formula is C12H27N3O5S2. The molecule has 0 unspecified atom stereocenters. The molecule has 1 aliphatic rings. The molecule has 10 heteroatoms. The van der Waals surface area contributed by atoms with E-state index in [2.05, 4.69) is 0 Å². The second-order valence-corrected chi connectivity index (χ2v) is 9.45. The standard InChI is InChI=1S/C12H27N3O5S2/c1-4-7-20-13-10-14(21(16,17)8-5-2)12-15(11-13)22(18,19)9-6-3/h4-12H2,1-3H3. The molecule has 1 fully saturated rings. The van der Waals surface area contributed by atoms with Gasteiger partial charge in [0.05, 0.1) is 38.1 Å². The smallest absolute Gasteiger partial charge is 0.216 e. The Morgan fingerprint density at radius 2 is 1.23 bits per heavy atom. The first-order valence-corrected chi connectivity index (χ1v) is 10.8. The molecule has 0 bridgehead atoms. The van der Waals surface area contributed by atoms with E-state index in [4.69, 9.17) is 4.84 Å². The zero-order chi connectivity index (χ0) is 16.8. The van der Waals surface area contributed by atoms with E-state index in [0.717, 1.165) is 6.42 Å². The Morgan fingerprint density at radius 1 is 0.773 bits per heavy atom. The van der Waals surface area contributed by atoms with Gasteiger partial charge in [0.25, 0.3) is 0 Å². The molecule has 0 N–H and O–H groups in total. The maximum absolute atomic E-state index is 12.3. The van der Waals surface area contributed by atoms with Crippen LogP contribution in [0.2, 0.25) is 0 Å². The summed E-state index contributed by atoms with van der Waals surface area (Å²) in [5.41, 5.74) is 0. The highest BCUT2D eigenvalue weighted by molar-refractivity contribution is 7.89. The highest BCUT2D eigenvalue weighted by Crippen LogP contribution is 2.17. The Hall–Kier alpha value is -0.260. The van der Waals surface area contributed by atoms with Gasteiger partial charge in [-0.3, -0.25) is 4.84 Å². The SMILES string of the molecule is CCCON1CN(S(=O)(=O)CCC)CN(S(=O)(=O)CCC)C1. The predicted octanol–water partition coefficient (Wildman–Crippen LogP) is 0.600. The van der Waals surface area contributed by atoms with Gasteiger partial charge in [-0.15, -0.1) is 0 Å². The average Bonchev–Trinajstić information content (AvgIpc) is 2.44. The maximum Gasteiger partial charge on any atom is 0.216 e. The molecular weight excluding hydrogens is 330 g/mol. The number of hydrogen-bond acceptors (Lipinski definition) is 6. The average molecular weight is 357 g/mol. The van der Waals surface area contributed by atoms with Gasteiger partial charge in [-0.25, -0.2) is 16.8 Å². The lowest BCUT2D eigenvalue weighted by molar-refractivity contribution is -0.208. The minimum atomic E-state index is -3.49. The van der Waals surface area contributed by atoms with E-state index in [1.807, 2.05) is 6.92 Å². The van der Waals surface area contributed by atoms with Gasteiger partial charge in [-0.05, 0) is 19.3 Å². The van der Waals surface area contributed by atoms with Crippen molar-refractivity contribution < 1.29 is 21.7 Å². The molecule has 0 saturated carbocycles. The van der Waals surface area contributed by atoms with Crippen LogP contribution in [0.5, 0.6) is 0 Å². The molecule has 132 valence electrons. The highest BCUT2D eigenvalue weighted by Gasteiger charge is 2.36. The third kappa shape index (κ3) is 5.43. The van der Waals surface area contributed by atoms with Crippen molar-refractivity contribution in [1.82, 2.24) is 13.7 Å². The zero-order valence-electron chi connectivity index (χ0n) is 13.6. The van der Waals surface area contributed by atoms with Crippen LogP contribution in [-0.4, -0.2) is 68.6 Å².